The molecule has 1 aliphatic heterocycles. The molecule has 106 valence electrons. The Morgan fingerprint density at radius 1 is 1.42 bits per heavy atom. The van der Waals surface area contributed by atoms with Crippen molar-refractivity contribution in [2.45, 2.75) is 31.0 Å². The monoisotopic (exact) mass is 305 g/mol. The lowest BCUT2D eigenvalue weighted by molar-refractivity contribution is -0.0440. The molecule has 0 bridgehead atoms. The van der Waals surface area contributed by atoms with E-state index >= 15 is 0 Å². The quantitative estimate of drug-likeness (QED) is 0.908. The lowest BCUT2D eigenvalue weighted by atomic mass is 10.3. The number of ether oxygens (including phenoxy) is 1. The van der Waals surface area contributed by atoms with Crippen molar-refractivity contribution in [2.75, 3.05) is 13.1 Å². The number of carboxylic acid groups (broad SMARTS) is 1. The summed E-state index contributed by atoms with van der Waals surface area (Å²) < 4.78 is 31.7. The summed E-state index contributed by atoms with van der Waals surface area (Å²) in [6.07, 6.45) is -0.407. The van der Waals surface area contributed by atoms with Crippen LogP contribution in [0.4, 0.5) is 0 Å². The van der Waals surface area contributed by atoms with Crippen LogP contribution in [0.1, 0.15) is 23.5 Å². The van der Waals surface area contributed by atoms with Gasteiger partial charge in [0.2, 0.25) is 10.0 Å². The molecule has 2 atom stereocenters. The van der Waals surface area contributed by atoms with Crippen molar-refractivity contribution in [3.63, 3.8) is 0 Å². The minimum Gasteiger partial charge on any atom is -0.477 e. The van der Waals surface area contributed by atoms with Crippen LogP contribution in [0, 0.1) is 0 Å². The van der Waals surface area contributed by atoms with Gasteiger partial charge in [0.25, 0.3) is 0 Å². The topological polar surface area (TPSA) is 83.9 Å². The molecule has 0 saturated carbocycles. The number of hydrogen-bond acceptors (Lipinski definition) is 5. The Balaban J connectivity index is 2.37. The number of sulfonamides is 1. The van der Waals surface area contributed by atoms with E-state index in [1.165, 1.54) is 15.8 Å². The molecule has 0 radical (unpaired) electrons. The van der Waals surface area contributed by atoms with Gasteiger partial charge >= 0.3 is 5.97 Å². The molecule has 2 rings (SSSR count). The van der Waals surface area contributed by atoms with E-state index in [-0.39, 0.29) is 35.1 Å². The number of aromatic carboxylic acids is 1. The zero-order valence-electron chi connectivity index (χ0n) is 10.6. The highest BCUT2D eigenvalue weighted by molar-refractivity contribution is 7.89. The number of morpholine rings is 1. The summed E-state index contributed by atoms with van der Waals surface area (Å²) in [6.45, 7) is 4.07. The molecule has 1 aromatic heterocycles. The SMILES string of the molecule is C[C@@H]1CN(S(=O)(=O)c2ccsc2C(=O)O)C[C@H](C)O1. The van der Waals surface area contributed by atoms with Gasteiger partial charge in [-0.1, -0.05) is 0 Å². The molecule has 1 aromatic rings. The Bertz CT molecular complexity index is 570. The maximum absolute atomic E-state index is 12.5. The molecule has 0 spiro atoms. The molecule has 1 N–H and O–H groups in total. The normalized spacial score (nSPS) is 25.4. The largest absolute Gasteiger partial charge is 0.477 e. The highest BCUT2D eigenvalue weighted by Gasteiger charge is 2.35. The summed E-state index contributed by atoms with van der Waals surface area (Å²) in [6, 6.07) is 1.34. The molecule has 0 aromatic carbocycles. The molecule has 8 heteroatoms. The van der Waals surface area contributed by atoms with E-state index in [0.717, 1.165) is 11.3 Å². The number of thiophene rings is 1. The third-order valence-electron chi connectivity index (χ3n) is 2.83. The van der Waals surface area contributed by atoms with Gasteiger partial charge in [-0.15, -0.1) is 11.3 Å². The second-order valence-corrected chi connectivity index (χ2v) is 7.32. The molecule has 2 heterocycles. The molecule has 1 fully saturated rings. The van der Waals surface area contributed by atoms with Crippen LogP contribution in [0.25, 0.3) is 0 Å². The standard InChI is InChI=1S/C11H15NO5S2/c1-7-5-12(6-8(2)17-7)19(15,16)9-3-4-18-10(9)11(13)14/h3-4,7-8H,5-6H2,1-2H3,(H,13,14)/t7-,8+. The van der Waals surface area contributed by atoms with E-state index in [2.05, 4.69) is 0 Å². The summed E-state index contributed by atoms with van der Waals surface area (Å²) in [7, 11) is -3.78. The summed E-state index contributed by atoms with van der Waals surface area (Å²) in [5, 5.41) is 10.5. The third-order valence-corrected chi connectivity index (χ3v) is 5.73. The second-order valence-electron chi connectivity index (χ2n) is 4.50. The molecule has 0 amide bonds. The van der Waals surface area contributed by atoms with E-state index in [4.69, 9.17) is 9.84 Å². The van der Waals surface area contributed by atoms with Crippen LogP contribution in [0.15, 0.2) is 16.3 Å². The van der Waals surface area contributed by atoms with Gasteiger partial charge in [-0.2, -0.15) is 4.31 Å². The highest BCUT2D eigenvalue weighted by Crippen LogP contribution is 2.27. The first-order valence-electron chi connectivity index (χ1n) is 5.78. The van der Waals surface area contributed by atoms with Gasteiger partial charge in [-0.05, 0) is 25.3 Å². The molecular weight excluding hydrogens is 290 g/mol. The fourth-order valence-corrected chi connectivity index (χ4v) is 4.95. The first kappa shape index (κ1) is 14.4. The van der Waals surface area contributed by atoms with Crippen molar-refractivity contribution in [1.29, 1.82) is 0 Å². The molecule has 1 aliphatic rings. The maximum atomic E-state index is 12.5. The number of carbonyl (C=O) groups is 1. The first-order valence-corrected chi connectivity index (χ1v) is 8.10. The fourth-order valence-electron chi connectivity index (χ4n) is 2.12. The van der Waals surface area contributed by atoms with E-state index in [0.29, 0.717) is 0 Å². The molecule has 0 unspecified atom stereocenters. The van der Waals surface area contributed by atoms with Gasteiger partial charge in [0.05, 0.1) is 12.2 Å². The van der Waals surface area contributed by atoms with Gasteiger partial charge in [0.15, 0.2) is 0 Å². The minimum atomic E-state index is -3.78. The van der Waals surface area contributed by atoms with Crippen LogP contribution in [-0.2, 0) is 14.8 Å². The predicted molar refractivity (Wildman–Crippen MR) is 70.0 cm³/mol. The minimum absolute atomic E-state index is 0.133. The summed E-state index contributed by atoms with van der Waals surface area (Å²) >= 11 is 0.913. The van der Waals surface area contributed by atoms with E-state index in [1.807, 2.05) is 0 Å². The highest BCUT2D eigenvalue weighted by atomic mass is 32.2. The average molecular weight is 305 g/mol. The van der Waals surface area contributed by atoms with Crippen LogP contribution in [0.5, 0.6) is 0 Å². The van der Waals surface area contributed by atoms with Crippen molar-refractivity contribution in [3.8, 4) is 0 Å². The number of hydrogen-bond donors (Lipinski definition) is 1. The van der Waals surface area contributed by atoms with Crippen molar-refractivity contribution < 1.29 is 23.1 Å². The summed E-state index contributed by atoms with van der Waals surface area (Å²) in [4.78, 5) is 10.8. The molecule has 0 aliphatic carbocycles. The molecular formula is C11H15NO5S2. The van der Waals surface area contributed by atoms with Crippen molar-refractivity contribution in [3.05, 3.63) is 16.3 Å². The lowest BCUT2D eigenvalue weighted by Crippen LogP contribution is -2.48. The van der Waals surface area contributed by atoms with Gasteiger partial charge in [-0.25, -0.2) is 13.2 Å². The fraction of sp³-hybridized carbons (Fsp3) is 0.545. The van der Waals surface area contributed by atoms with Gasteiger partial charge in [-0.3, -0.25) is 0 Å². The second kappa shape index (κ2) is 5.20. The smallest absolute Gasteiger partial charge is 0.347 e. The van der Waals surface area contributed by atoms with Crippen molar-refractivity contribution in [2.24, 2.45) is 0 Å². The van der Waals surface area contributed by atoms with E-state index in [9.17, 15) is 13.2 Å². The first-order chi connectivity index (χ1) is 8.82. The predicted octanol–water partition coefficient (Wildman–Crippen LogP) is 1.24. The van der Waals surface area contributed by atoms with Crippen molar-refractivity contribution in [1.82, 2.24) is 4.31 Å². The van der Waals surface area contributed by atoms with Crippen LogP contribution < -0.4 is 0 Å². The Morgan fingerprint density at radius 3 is 2.53 bits per heavy atom. The Morgan fingerprint density at radius 2 is 2.00 bits per heavy atom. The zero-order chi connectivity index (χ0) is 14.2. The van der Waals surface area contributed by atoms with E-state index < -0.39 is 16.0 Å². The van der Waals surface area contributed by atoms with Gasteiger partial charge in [0.1, 0.15) is 9.77 Å². The van der Waals surface area contributed by atoms with Crippen LogP contribution >= 0.6 is 11.3 Å². The lowest BCUT2D eigenvalue weighted by Gasteiger charge is -2.34. The molecule has 1 saturated heterocycles. The summed E-state index contributed by atoms with van der Waals surface area (Å²) in [5.41, 5.74) is 0. The summed E-state index contributed by atoms with van der Waals surface area (Å²) in [5.74, 6) is -1.22. The van der Waals surface area contributed by atoms with Crippen molar-refractivity contribution >= 4 is 27.3 Å². The average Bonchev–Trinajstić information content (AvgIpc) is 2.76. The number of nitrogens with zero attached hydrogens (tertiary/aromatic N) is 1. The molecule has 6 nitrogen and oxygen atoms in total. The third kappa shape index (κ3) is 2.81. The number of rotatable bonds is 3. The van der Waals surface area contributed by atoms with Crippen LogP contribution in [0.3, 0.4) is 0 Å². The number of carboxylic acids is 1. The molecule has 19 heavy (non-hydrogen) atoms. The Labute approximate surface area is 115 Å². The van der Waals surface area contributed by atoms with Gasteiger partial charge < -0.3 is 9.84 Å². The van der Waals surface area contributed by atoms with Gasteiger partial charge in [0, 0.05) is 13.1 Å². The Hall–Kier alpha value is -0.960. The Kier molecular flexibility index (Phi) is 3.95. The van der Waals surface area contributed by atoms with Crippen LogP contribution in [0.2, 0.25) is 0 Å². The maximum Gasteiger partial charge on any atom is 0.347 e. The van der Waals surface area contributed by atoms with E-state index in [1.54, 1.807) is 13.8 Å². The zero-order valence-corrected chi connectivity index (χ0v) is 12.2. The van der Waals surface area contributed by atoms with Crippen LogP contribution in [-0.4, -0.2) is 49.1 Å².